The lowest BCUT2D eigenvalue weighted by Crippen LogP contribution is -2.51. The SMILES string of the molecule is CCc1cc2c(cc1C(F)(F)F)N(C(=O)OC(C)C)CCCC(N(Cc1cc(C(F)(F)F)cc(C(F)(F)F)c1)C1N=NN(C)N1)C2. The zero-order valence-electron chi connectivity index (χ0n) is 25.3. The Balaban J connectivity index is 1.83. The first-order valence-corrected chi connectivity index (χ1v) is 14.4. The van der Waals surface area contributed by atoms with E-state index in [9.17, 15) is 44.3 Å². The molecule has 0 fully saturated rings. The number of nitrogens with one attached hydrogen (secondary N) is 1. The van der Waals surface area contributed by atoms with Crippen LogP contribution in [-0.2, 0) is 42.7 Å². The van der Waals surface area contributed by atoms with Crippen LogP contribution in [0.15, 0.2) is 40.7 Å². The van der Waals surface area contributed by atoms with Crippen LogP contribution < -0.4 is 10.3 Å². The van der Waals surface area contributed by atoms with Crippen LogP contribution in [-0.4, -0.2) is 48.1 Å². The molecule has 2 unspecified atom stereocenters. The Morgan fingerprint density at radius 2 is 1.63 bits per heavy atom. The van der Waals surface area contributed by atoms with Gasteiger partial charge in [-0.15, -0.1) is 5.11 Å². The number of aryl methyl sites for hydroxylation is 1. The number of hydrazine groups is 1. The van der Waals surface area contributed by atoms with E-state index in [0.29, 0.717) is 17.7 Å². The molecule has 2 aliphatic rings. The largest absolute Gasteiger partial charge is 0.446 e. The normalized spacial score (nSPS) is 19.5. The van der Waals surface area contributed by atoms with Crippen LogP contribution in [0, 0.1) is 0 Å². The van der Waals surface area contributed by atoms with Crippen molar-refractivity contribution in [3.8, 4) is 0 Å². The summed E-state index contributed by atoms with van der Waals surface area (Å²) in [4.78, 5) is 15.7. The third kappa shape index (κ3) is 8.21. The number of ether oxygens (including phenoxy) is 1. The fourth-order valence-electron chi connectivity index (χ4n) is 5.58. The van der Waals surface area contributed by atoms with E-state index in [1.54, 1.807) is 20.8 Å². The van der Waals surface area contributed by atoms with Gasteiger partial charge in [-0.1, -0.05) is 18.2 Å². The van der Waals surface area contributed by atoms with Crippen LogP contribution in [0.1, 0.15) is 67.0 Å². The highest BCUT2D eigenvalue weighted by molar-refractivity contribution is 5.89. The van der Waals surface area contributed by atoms with Gasteiger partial charge < -0.3 is 4.74 Å². The van der Waals surface area contributed by atoms with Crippen molar-refractivity contribution >= 4 is 11.8 Å². The molecule has 1 N–H and O–H groups in total. The zero-order chi connectivity index (χ0) is 34.2. The van der Waals surface area contributed by atoms with Crippen molar-refractivity contribution in [1.29, 1.82) is 0 Å². The lowest BCUT2D eigenvalue weighted by Gasteiger charge is -2.38. The average molecular weight is 669 g/mol. The summed E-state index contributed by atoms with van der Waals surface area (Å²) < 4.78 is 130. The summed E-state index contributed by atoms with van der Waals surface area (Å²) in [7, 11) is 1.49. The molecule has 0 aromatic heterocycles. The van der Waals surface area contributed by atoms with Crippen LogP contribution in [0.25, 0.3) is 0 Å². The second kappa shape index (κ2) is 13.3. The second-order valence-corrected chi connectivity index (χ2v) is 11.4. The van der Waals surface area contributed by atoms with E-state index in [0.717, 1.165) is 11.0 Å². The molecule has 2 aromatic carbocycles. The van der Waals surface area contributed by atoms with Crippen LogP contribution >= 0.6 is 0 Å². The summed E-state index contributed by atoms with van der Waals surface area (Å²) in [5.41, 5.74) is -1.09. The number of halogens is 9. The number of amides is 1. The number of benzene rings is 2. The van der Waals surface area contributed by atoms with Crippen molar-refractivity contribution in [3.05, 3.63) is 63.7 Å². The van der Waals surface area contributed by atoms with Crippen LogP contribution in [0.2, 0.25) is 0 Å². The van der Waals surface area contributed by atoms with E-state index >= 15 is 0 Å². The molecule has 0 saturated carbocycles. The van der Waals surface area contributed by atoms with Crippen molar-refractivity contribution < 1.29 is 49.0 Å². The van der Waals surface area contributed by atoms with Gasteiger partial charge in [0.1, 0.15) is 0 Å². The molecule has 0 radical (unpaired) electrons. The molecule has 46 heavy (non-hydrogen) atoms. The van der Waals surface area contributed by atoms with Crippen molar-refractivity contribution in [2.45, 2.75) is 90.0 Å². The number of anilines is 1. The van der Waals surface area contributed by atoms with Crippen LogP contribution in [0.4, 0.5) is 50.0 Å². The summed E-state index contributed by atoms with van der Waals surface area (Å²) in [5.74, 6) is 0. The number of fused-ring (bicyclic) bond motifs is 1. The molecule has 0 saturated heterocycles. The first-order valence-electron chi connectivity index (χ1n) is 14.4. The van der Waals surface area contributed by atoms with Gasteiger partial charge >= 0.3 is 24.6 Å². The molecular weight excluding hydrogens is 635 g/mol. The number of carbonyl (C=O) groups is 1. The number of nitrogens with zero attached hydrogens (tertiary/aromatic N) is 5. The van der Waals surface area contributed by atoms with Gasteiger partial charge in [0.15, 0.2) is 6.29 Å². The van der Waals surface area contributed by atoms with Gasteiger partial charge in [0.05, 0.1) is 28.5 Å². The molecule has 8 nitrogen and oxygen atoms in total. The van der Waals surface area contributed by atoms with Crippen molar-refractivity contribution in [1.82, 2.24) is 15.4 Å². The number of alkyl halides is 9. The Hall–Kier alpha value is -3.60. The Kier molecular flexibility index (Phi) is 10.2. The van der Waals surface area contributed by atoms with Gasteiger partial charge in [-0.25, -0.2) is 9.91 Å². The van der Waals surface area contributed by atoms with Gasteiger partial charge in [0.25, 0.3) is 0 Å². The fraction of sp³-hybridized carbons (Fsp3) is 0.552. The minimum Gasteiger partial charge on any atom is -0.446 e. The van der Waals surface area contributed by atoms with Gasteiger partial charge in [0.2, 0.25) is 0 Å². The van der Waals surface area contributed by atoms with E-state index in [4.69, 9.17) is 4.74 Å². The van der Waals surface area contributed by atoms with E-state index in [-0.39, 0.29) is 55.1 Å². The van der Waals surface area contributed by atoms with Crippen molar-refractivity contribution in [3.63, 3.8) is 0 Å². The quantitative estimate of drug-likeness (QED) is 0.317. The lowest BCUT2D eigenvalue weighted by molar-refractivity contribution is -0.143. The Labute approximate surface area is 259 Å². The molecule has 17 heteroatoms. The molecule has 0 spiro atoms. The maximum atomic E-state index is 14.1. The molecule has 2 aliphatic heterocycles. The molecule has 2 atom stereocenters. The first-order chi connectivity index (χ1) is 21.3. The Morgan fingerprint density at radius 1 is 1.00 bits per heavy atom. The molecule has 4 rings (SSSR count). The first kappa shape index (κ1) is 35.3. The maximum Gasteiger partial charge on any atom is 0.416 e. The zero-order valence-corrected chi connectivity index (χ0v) is 25.3. The van der Waals surface area contributed by atoms with E-state index in [1.807, 2.05) is 0 Å². The topological polar surface area (TPSA) is 72.8 Å². The molecule has 254 valence electrons. The third-order valence-corrected chi connectivity index (χ3v) is 7.61. The lowest BCUT2D eigenvalue weighted by atomic mass is 9.91. The number of hydrogen-bond donors (Lipinski definition) is 1. The standard InChI is InChI=1S/C29H33F9N6O2/c1-5-18-11-19-12-22(7-6-8-43(26(45)46-16(2)3)24(19)14-23(18)29(36,37)38)44(25-39-41-42(4)40-25)15-17-9-20(27(30,31)32)13-21(10-17)28(33,34)35/h9-11,13-14,16,22,25,40H,5-8,12,15H2,1-4H3. The van der Waals surface area contributed by atoms with Gasteiger partial charge in [-0.05, 0) is 80.5 Å². The highest BCUT2D eigenvalue weighted by atomic mass is 19.4. The fourth-order valence-corrected chi connectivity index (χ4v) is 5.58. The molecule has 0 bridgehead atoms. The molecule has 0 aliphatic carbocycles. The Bertz CT molecular complexity index is 1410. The van der Waals surface area contributed by atoms with E-state index < -0.39 is 66.3 Å². The van der Waals surface area contributed by atoms with Gasteiger partial charge in [0, 0.05) is 26.2 Å². The minimum atomic E-state index is -5.06. The Morgan fingerprint density at radius 3 is 2.13 bits per heavy atom. The summed E-state index contributed by atoms with van der Waals surface area (Å²) in [6.45, 7) is 4.22. The van der Waals surface area contributed by atoms with Gasteiger partial charge in [-0.2, -0.15) is 44.9 Å². The molecule has 2 aromatic rings. The maximum absolute atomic E-state index is 14.1. The summed E-state index contributed by atoms with van der Waals surface area (Å²) in [6.07, 6.45) is -16.9. The predicted molar refractivity (Wildman–Crippen MR) is 148 cm³/mol. The predicted octanol–water partition coefficient (Wildman–Crippen LogP) is 7.96. The van der Waals surface area contributed by atoms with Crippen LogP contribution in [0.5, 0.6) is 0 Å². The molecule has 1 amide bonds. The van der Waals surface area contributed by atoms with Crippen LogP contribution in [0.3, 0.4) is 0 Å². The number of rotatable bonds is 6. The van der Waals surface area contributed by atoms with E-state index in [2.05, 4.69) is 15.8 Å². The second-order valence-electron chi connectivity index (χ2n) is 11.4. The monoisotopic (exact) mass is 668 g/mol. The summed E-state index contributed by atoms with van der Waals surface area (Å²) in [6, 6.07) is 2.86. The highest BCUT2D eigenvalue weighted by Gasteiger charge is 2.40. The van der Waals surface area contributed by atoms with E-state index in [1.165, 1.54) is 23.1 Å². The number of hydrogen-bond acceptors (Lipinski definition) is 7. The minimum absolute atomic E-state index is 0.000582. The highest BCUT2D eigenvalue weighted by Crippen LogP contribution is 2.40. The third-order valence-electron chi connectivity index (χ3n) is 7.61. The summed E-state index contributed by atoms with van der Waals surface area (Å²) >= 11 is 0. The molecular formula is C29H33F9N6O2. The van der Waals surface area contributed by atoms with Crippen molar-refractivity contribution in [2.24, 2.45) is 10.3 Å². The average Bonchev–Trinajstić information content (AvgIpc) is 3.35. The number of carbonyl (C=O) groups excluding carboxylic acids is 1. The van der Waals surface area contributed by atoms with Gasteiger partial charge in [-0.3, -0.25) is 9.80 Å². The van der Waals surface area contributed by atoms with Crippen molar-refractivity contribution in [2.75, 3.05) is 18.5 Å². The molecule has 2 heterocycles. The smallest absolute Gasteiger partial charge is 0.416 e. The summed E-state index contributed by atoms with van der Waals surface area (Å²) in [5, 5.41) is 9.16.